The van der Waals surface area contributed by atoms with Gasteiger partial charge in [0.25, 0.3) is 0 Å². The van der Waals surface area contributed by atoms with Crippen LogP contribution in [0.1, 0.15) is 10.4 Å². The van der Waals surface area contributed by atoms with Crippen molar-refractivity contribution >= 4 is 52.3 Å². The summed E-state index contributed by atoms with van der Waals surface area (Å²) in [5.74, 6) is -0.576. The van der Waals surface area contributed by atoms with Crippen molar-refractivity contribution in [1.82, 2.24) is 0 Å². The Kier molecular flexibility index (Phi) is 4.26. The highest BCUT2D eigenvalue weighted by molar-refractivity contribution is 6.45. The molecule has 0 heterocycles. The van der Waals surface area contributed by atoms with E-state index >= 15 is 0 Å². The van der Waals surface area contributed by atoms with Gasteiger partial charge in [0, 0.05) is 21.2 Å². The van der Waals surface area contributed by atoms with Crippen molar-refractivity contribution in [3.8, 4) is 11.1 Å². The Balaban J connectivity index is 2.68. The fraction of sp³-hybridized carbons (Fsp3) is 0. The molecule has 0 aliphatic rings. The van der Waals surface area contributed by atoms with E-state index in [1.54, 1.807) is 18.2 Å². The van der Waals surface area contributed by atoms with Gasteiger partial charge in [0.05, 0.1) is 10.0 Å². The Hall–Kier alpha value is -0.930. The average molecular weight is 335 g/mol. The number of hydrogen-bond donors (Lipinski definition) is 1. The minimum atomic E-state index is -0.576. The first-order valence-corrected chi connectivity index (χ1v) is 6.65. The number of carbonyl (C=O) groups is 1. The van der Waals surface area contributed by atoms with Crippen molar-refractivity contribution in [2.45, 2.75) is 0 Å². The fourth-order valence-corrected chi connectivity index (χ4v) is 2.60. The number of hydrogen-bond acceptors (Lipinski definition) is 1. The Morgan fingerprint density at radius 1 is 0.895 bits per heavy atom. The van der Waals surface area contributed by atoms with Gasteiger partial charge in [0.15, 0.2) is 0 Å². The van der Waals surface area contributed by atoms with Crippen molar-refractivity contribution in [2.75, 3.05) is 0 Å². The van der Waals surface area contributed by atoms with Crippen molar-refractivity contribution in [2.24, 2.45) is 5.73 Å². The molecular formula is C13H7Cl4NO. The van der Waals surface area contributed by atoms with E-state index in [4.69, 9.17) is 52.1 Å². The maximum absolute atomic E-state index is 11.2. The maximum Gasteiger partial charge on any atom is 0.248 e. The van der Waals surface area contributed by atoms with E-state index in [-0.39, 0.29) is 5.56 Å². The molecule has 0 atom stereocenters. The first kappa shape index (κ1) is 14.5. The predicted octanol–water partition coefficient (Wildman–Crippen LogP) is 5.07. The molecule has 0 saturated carbocycles. The highest BCUT2D eigenvalue weighted by atomic mass is 35.5. The highest BCUT2D eigenvalue weighted by Gasteiger charge is 2.12. The molecule has 6 heteroatoms. The lowest BCUT2D eigenvalue weighted by molar-refractivity contribution is 0.100. The van der Waals surface area contributed by atoms with Crippen molar-refractivity contribution < 1.29 is 4.79 Å². The Labute approximate surface area is 130 Å². The number of amides is 1. The summed E-state index contributed by atoms with van der Waals surface area (Å²) in [6, 6.07) is 7.90. The number of nitrogens with two attached hydrogens (primary N) is 1. The lowest BCUT2D eigenvalue weighted by atomic mass is 10.0. The summed E-state index contributed by atoms with van der Waals surface area (Å²) in [5, 5.41) is 1.47. The maximum atomic E-state index is 11.2. The van der Waals surface area contributed by atoms with Crippen molar-refractivity contribution in [1.29, 1.82) is 0 Å². The third-order valence-electron chi connectivity index (χ3n) is 2.49. The van der Waals surface area contributed by atoms with Gasteiger partial charge >= 0.3 is 0 Å². The molecule has 2 rings (SSSR count). The summed E-state index contributed by atoms with van der Waals surface area (Å²) >= 11 is 24.0. The summed E-state index contributed by atoms with van der Waals surface area (Å²) in [6.45, 7) is 0. The van der Waals surface area contributed by atoms with Crippen LogP contribution in [-0.4, -0.2) is 5.91 Å². The van der Waals surface area contributed by atoms with Crippen molar-refractivity contribution in [3.05, 3.63) is 56.0 Å². The Bertz CT molecular complexity index is 670. The molecule has 2 aromatic rings. The second kappa shape index (κ2) is 5.59. The van der Waals surface area contributed by atoms with Gasteiger partial charge in [-0.25, -0.2) is 0 Å². The fourth-order valence-electron chi connectivity index (χ4n) is 1.65. The molecule has 19 heavy (non-hydrogen) atoms. The molecule has 0 aliphatic carbocycles. The summed E-state index contributed by atoms with van der Waals surface area (Å²) in [5.41, 5.74) is 6.74. The van der Waals surface area contributed by atoms with Crippen LogP contribution in [0.15, 0.2) is 30.3 Å². The zero-order valence-electron chi connectivity index (χ0n) is 9.38. The molecule has 0 unspecified atom stereocenters. The third kappa shape index (κ3) is 3.15. The van der Waals surface area contributed by atoms with Crippen LogP contribution < -0.4 is 5.73 Å². The Morgan fingerprint density at radius 2 is 1.53 bits per heavy atom. The van der Waals surface area contributed by atoms with Crippen LogP contribution in [0.2, 0.25) is 20.1 Å². The molecular weight excluding hydrogens is 328 g/mol. The molecule has 2 N–H and O–H groups in total. The molecule has 98 valence electrons. The molecule has 0 aliphatic heterocycles. The van der Waals surface area contributed by atoms with E-state index < -0.39 is 5.91 Å². The summed E-state index contributed by atoms with van der Waals surface area (Å²) in [7, 11) is 0. The van der Waals surface area contributed by atoms with Gasteiger partial charge in [-0.2, -0.15) is 0 Å². The van der Waals surface area contributed by atoms with Gasteiger partial charge in [0.1, 0.15) is 0 Å². The van der Waals surface area contributed by atoms with Crippen LogP contribution in [0, 0.1) is 0 Å². The summed E-state index contributed by atoms with van der Waals surface area (Å²) in [6.07, 6.45) is 0. The highest BCUT2D eigenvalue weighted by Crippen LogP contribution is 2.37. The standard InChI is InChI=1S/C13H7Cl4NO/c14-8-2-6(1-7(3-8)13(18)19)10-4-9(15)5-11(16)12(10)17/h1-5H,(H2,18,19). The van der Waals surface area contributed by atoms with Crippen LogP contribution in [0.3, 0.4) is 0 Å². The van der Waals surface area contributed by atoms with Gasteiger partial charge in [0.2, 0.25) is 5.91 Å². The summed E-state index contributed by atoms with van der Waals surface area (Å²) < 4.78 is 0. The monoisotopic (exact) mass is 333 g/mol. The quantitative estimate of drug-likeness (QED) is 0.766. The van der Waals surface area contributed by atoms with Gasteiger partial charge in [-0.1, -0.05) is 46.4 Å². The molecule has 0 fully saturated rings. The zero-order valence-corrected chi connectivity index (χ0v) is 12.4. The molecule has 0 bridgehead atoms. The van der Waals surface area contributed by atoms with E-state index in [0.29, 0.717) is 31.2 Å². The number of carbonyl (C=O) groups excluding carboxylic acids is 1. The second-order valence-corrected chi connectivity index (χ2v) is 5.50. The molecule has 0 saturated heterocycles. The number of rotatable bonds is 2. The van der Waals surface area contributed by atoms with Crippen LogP contribution in [-0.2, 0) is 0 Å². The first-order chi connectivity index (χ1) is 8.88. The van der Waals surface area contributed by atoms with Crippen LogP contribution in [0.5, 0.6) is 0 Å². The SMILES string of the molecule is NC(=O)c1cc(Cl)cc(-c2cc(Cl)cc(Cl)c2Cl)c1. The largest absolute Gasteiger partial charge is 0.366 e. The molecule has 0 spiro atoms. The van der Waals surface area contributed by atoms with E-state index in [0.717, 1.165) is 0 Å². The van der Waals surface area contributed by atoms with Gasteiger partial charge in [-0.3, -0.25) is 4.79 Å². The second-order valence-electron chi connectivity index (χ2n) is 3.84. The van der Waals surface area contributed by atoms with Gasteiger partial charge < -0.3 is 5.73 Å². The third-order valence-corrected chi connectivity index (χ3v) is 3.72. The van der Waals surface area contributed by atoms with E-state index in [1.807, 2.05) is 0 Å². The van der Waals surface area contributed by atoms with Gasteiger partial charge in [-0.05, 0) is 35.9 Å². The normalized spacial score (nSPS) is 10.5. The van der Waals surface area contributed by atoms with E-state index in [9.17, 15) is 4.79 Å². The van der Waals surface area contributed by atoms with Crippen molar-refractivity contribution in [3.63, 3.8) is 0 Å². The van der Waals surface area contributed by atoms with E-state index in [2.05, 4.69) is 0 Å². The predicted molar refractivity (Wildman–Crippen MR) is 80.4 cm³/mol. The number of primary amides is 1. The zero-order chi connectivity index (χ0) is 14.2. The molecule has 0 aromatic heterocycles. The average Bonchev–Trinajstić information content (AvgIpc) is 2.32. The lowest BCUT2D eigenvalue weighted by Gasteiger charge is -2.09. The molecule has 2 nitrogen and oxygen atoms in total. The van der Waals surface area contributed by atoms with Crippen LogP contribution >= 0.6 is 46.4 Å². The van der Waals surface area contributed by atoms with E-state index in [1.165, 1.54) is 12.1 Å². The molecule has 1 amide bonds. The topological polar surface area (TPSA) is 43.1 Å². The molecule has 0 radical (unpaired) electrons. The smallest absolute Gasteiger partial charge is 0.248 e. The van der Waals surface area contributed by atoms with Gasteiger partial charge in [-0.15, -0.1) is 0 Å². The first-order valence-electron chi connectivity index (χ1n) is 5.14. The Morgan fingerprint density at radius 3 is 2.16 bits per heavy atom. The van der Waals surface area contributed by atoms with Crippen LogP contribution in [0.4, 0.5) is 0 Å². The molecule has 2 aromatic carbocycles. The lowest BCUT2D eigenvalue weighted by Crippen LogP contribution is -2.10. The number of halogens is 4. The minimum Gasteiger partial charge on any atom is -0.366 e. The summed E-state index contributed by atoms with van der Waals surface area (Å²) in [4.78, 5) is 11.2. The minimum absolute atomic E-state index is 0.287. The van der Waals surface area contributed by atoms with Crippen LogP contribution in [0.25, 0.3) is 11.1 Å². The number of benzene rings is 2.